The van der Waals surface area contributed by atoms with Crippen molar-refractivity contribution < 1.29 is 14.3 Å². The van der Waals surface area contributed by atoms with Gasteiger partial charge in [-0.2, -0.15) is 5.26 Å². The Balaban J connectivity index is 2.38. The first-order chi connectivity index (χ1) is 10.4. The quantitative estimate of drug-likeness (QED) is 0.643. The van der Waals surface area contributed by atoms with Crippen LogP contribution in [0.5, 0.6) is 0 Å². The number of ether oxygens (including phenoxy) is 1. The number of rotatable bonds is 0. The molecule has 0 radical (unpaired) electrons. The Morgan fingerprint density at radius 1 is 1.35 bits per heavy atom. The van der Waals surface area contributed by atoms with Crippen molar-refractivity contribution in [2.24, 2.45) is 10.8 Å². The second kappa shape index (κ2) is 5.23. The summed E-state index contributed by atoms with van der Waals surface area (Å²) in [4.78, 5) is 26.4. The molecule has 1 heterocycles. The maximum Gasteiger partial charge on any atom is 0.410 e. The monoisotopic (exact) mass is 316 g/mol. The van der Waals surface area contributed by atoms with Crippen LogP contribution in [0, 0.1) is 22.2 Å². The van der Waals surface area contributed by atoms with E-state index in [1.807, 2.05) is 53.7 Å². The lowest BCUT2D eigenvalue weighted by atomic mass is 9.60. The molecule has 0 aromatic heterocycles. The number of nitrogens with zero attached hydrogens (tertiary/aromatic N) is 2. The van der Waals surface area contributed by atoms with Crippen LogP contribution in [0.15, 0.2) is 23.3 Å². The van der Waals surface area contributed by atoms with Crippen LogP contribution in [0.25, 0.3) is 0 Å². The van der Waals surface area contributed by atoms with E-state index < -0.39 is 16.4 Å². The van der Waals surface area contributed by atoms with Crippen LogP contribution in [0.4, 0.5) is 4.79 Å². The molecule has 2 aliphatic rings. The smallest absolute Gasteiger partial charge is 0.410 e. The molecule has 2 rings (SSSR count). The van der Waals surface area contributed by atoms with E-state index in [0.29, 0.717) is 13.1 Å². The summed E-state index contributed by atoms with van der Waals surface area (Å²) < 4.78 is 5.43. The molecule has 0 unspecified atom stereocenters. The minimum atomic E-state index is -0.728. The Labute approximate surface area is 137 Å². The van der Waals surface area contributed by atoms with E-state index in [0.717, 1.165) is 5.57 Å². The number of carbonyl (C=O) groups is 2. The first-order valence-electron chi connectivity index (χ1n) is 7.77. The molecule has 23 heavy (non-hydrogen) atoms. The van der Waals surface area contributed by atoms with Gasteiger partial charge >= 0.3 is 6.09 Å². The van der Waals surface area contributed by atoms with Gasteiger partial charge in [-0.25, -0.2) is 4.79 Å². The van der Waals surface area contributed by atoms with Gasteiger partial charge in [0.2, 0.25) is 0 Å². The van der Waals surface area contributed by atoms with Crippen molar-refractivity contribution in [2.75, 3.05) is 13.1 Å². The van der Waals surface area contributed by atoms with Gasteiger partial charge in [-0.3, -0.25) is 4.79 Å². The van der Waals surface area contributed by atoms with E-state index in [1.54, 1.807) is 11.0 Å². The summed E-state index contributed by atoms with van der Waals surface area (Å²) in [5, 5.41) is 9.26. The van der Waals surface area contributed by atoms with E-state index in [2.05, 4.69) is 0 Å². The molecule has 0 fully saturated rings. The van der Waals surface area contributed by atoms with Gasteiger partial charge in [-0.1, -0.05) is 19.1 Å². The highest BCUT2D eigenvalue weighted by Gasteiger charge is 2.49. The average Bonchev–Trinajstić information content (AvgIpc) is 2.40. The number of Topliss-reactive ketones (excluding diaryl/α,β-unsaturated/α-hetero) is 1. The third-order valence-electron chi connectivity index (χ3n) is 4.37. The number of carbonyl (C=O) groups excluding carboxylic acids is 2. The molecule has 1 aliphatic carbocycles. The van der Waals surface area contributed by atoms with Gasteiger partial charge in [0.15, 0.2) is 5.78 Å². The Morgan fingerprint density at radius 3 is 2.48 bits per heavy atom. The molecule has 0 aromatic rings. The average molecular weight is 316 g/mol. The summed E-state index contributed by atoms with van der Waals surface area (Å²) in [6.45, 7) is 11.9. The number of fused-ring (bicyclic) bond motifs is 1. The maximum atomic E-state index is 12.4. The highest BCUT2D eigenvalue weighted by atomic mass is 16.6. The number of nitriles is 1. The van der Waals surface area contributed by atoms with Crippen LogP contribution >= 0.6 is 0 Å². The molecule has 1 aliphatic heterocycles. The van der Waals surface area contributed by atoms with Crippen LogP contribution < -0.4 is 0 Å². The highest BCUT2D eigenvalue weighted by Crippen LogP contribution is 2.49. The van der Waals surface area contributed by atoms with Crippen LogP contribution in [0.1, 0.15) is 41.5 Å². The fraction of sp³-hybridized carbons (Fsp3) is 0.611. The van der Waals surface area contributed by atoms with Gasteiger partial charge in [-0.15, -0.1) is 0 Å². The predicted octanol–water partition coefficient (Wildman–Crippen LogP) is 3.23. The summed E-state index contributed by atoms with van der Waals surface area (Å²) in [6.07, 6.45) is 3.24. The van der Waals surface area contributed by atoms with E-state index in [1.165, 1.54) is 0 Å². The zero-order valence-electron chi connectivity index (χ0n) is 14.7. The summed E-state index contributed by atoms with van der Waals surface area (Å²) in [7, 11) is 0. The predicted molar refractivity (Wildman–Crippen MR) is 86.5 cm³/mol. The second-order valence-electron chi connectivity index (χ2n) is 8.02. The fourth-order valence-corrected chi connectivity index (χ4v) is 3.46. The highest BCUT2D eigenvalue weighted by molar-refractivity contribution is 6.06. The molecule has 1 amide bonds. The summed E-state index contributed by atoms with van der Waals surface area (Å²) in [5.41, 5.74) is -0.682. The molecule has 1 atom stereocenters. The summed E-state index contributed by atoms with van der Waals surface area (Å²) >= 11 is 0. The van der Waals surface area contributed by atoms with E-state index in [9.17, 15) is 14.9 Å². The van der Waals surface area contributed by atoms with Gasteiger partial charge in [0.1, 0.15) is 11.7 Å². The van der Waals surface area contributed by atoms with E-state index in [-0.39, 0.29) is 17.4 Å². The molecule has 0 spiro atoms. The first kappa shape index (κ1) is 17.3. The number of allylic oxidation sites excluding steroid dienone is 1. The molecule has 0 bridgehead atoms. The van der Waals surface area contributed by atoms with Gasteiger partial charge in [0.05, 0.1) is 11.0 Å². The summed E-state index contributed by atoms with van der Waals surface area (Å²) in [5.74, 6) is -0.158. The Bertz CT molecular complexity index is 659. The Hall–Kier alpha value is -2.09. The minimum absolute atomic E-state index is 0.158. The minimum Gasteiger partial charge on any atom is -0.444 e. The van der Waals surface area contributed by atoms with Crippen molar-refractivity contribution in [1.82, 2.24) is 4.90 Å². The lowest BCUT2D eigenvalue weighted by Crippen LogP contribution is -2.51. The third kappa shape index (κ3) is 3.03. The SMILES string of the molecule is CC(C)(C)OC(=O)N1CC=C2C(C)(C)C(=O)C(C#N)=C[C@@]2(C)C1. The Morgan fingerprint density at radius 2 is 1.96 bits per heavy atom. The van der Waals surface area contributed by atoms with E-state index in [4.69, 9.17) is 4.74 Å². The van der Waals surface area contributed by atoms with Crippen LogP contribution in [-0.4, -0.2) is 35.5 Å². The number of hydrogen-bond acceptors (Lipinski definition) is 4. The van der Waals surface area contributed by atoms with Gasteiger partial charge in [0.25, 0.3) is 0 Å². The van der Waals surface area contributed by atoms with Crippen LogP contribution in [0.2, 0.25) is 0 Å². The topological polar surface area (TPSA) is 70.4 Å². The molecule has 0 saturated heterocycles. The second-order valence-corrected chi connectivity index (χ2v) is 8.02. The molecular formula is C18H24N2O3. The standard InChI is InChI=1S/C18H24N2O3/c1-16(2,3)23-15(22)20-8-7-13-17(4,5)14(21)12(10-19)9-18(13,6)11-20/h7,9H,8,11H2,1-6H3/t18-/m0/s1. The summed E-state index contributed by atoms with van der Waals surface area (Å²) in [6, 6.07) is 2.00. The zero-order valence-corrected chi connectivity index (χ0v) is 14.7. The molecule has 0 aromatic carbocycles. The van der Waals surface area contributed by atoms with Crippen molar-refractivity contribution in [3.63, 3.8) is 0 Å². The van der Waals surface area contributed by atoms with Crippen molar-refractivity contribution in [3.8, 4) is 6.07 Å². The van der Waals surface area contributed by atoms with Crippen molar-refractivity contribution in [1.29, 1.82) is 5.26 Å². The molecule has 124 valence electrons. The fourth-order valence-electron chi connectivity index (χ4n) is 3.46. The molecular weight excluding hydrogens is 292 g/mol. The number of ketones is 1. The van der Waals surface area contributed by atoms with Gasteiger partial charge in [-0.05, 0) is 40.2 Å². The number of hydrogen-bond donors (Lipinski definition) is 0. The Kier molecular flexibility index (Phi) is 3.92. The van der Waals surface area contributed by atoms with Gasteiger partial charge < -0.3 is 9.64 Å². The third-order valence-corrected chi connectivity index (χ3v) is 4.37. The van der Waals surface area contributed by atoms with Crippen LogP contribution in [-0.2, 0) is 9.53 Å². The van der Waals surface area contributed by atoms with E-state index >= 15 is 0 Å². The molecule has 5 nitrogen and oxygen atoms in total. The lowest BCUT2D eigenvalue weighted by Gasteiger charge is -2.47. The van der Waals surface area contributed by atoms with Crippen molar-refractivity contribution in [3.05, 3.63) is 23.3 Å². The largest absolute Gasteiger partial charge is 0.444 e. The van der Waals surface area contributed by atoms with Gasteiger partial charge in [0, 0.05) is 18.5 Å². The lowest BCUT2D eigenvalue weighted by molar-refractivity contribution is -0.122. The zero-order chi connectivity index (χ0) is 17.6. The number of amides is 1. The normalized spacial score (nSPS) is 26.7. The molecule has 5 heteroatoms. The van der Waals surface area contributed by atoms with Crippen molar-refractivity contribution >= 4 is 11.9 Å². The van der Waals surface area contributed by atoms with Crippen LogP contribution in [0.3, 0.4) is 0 Å². The maximum absolute atomic E-state index is 12.4. The first-order valence-corrected chi connectivity index (χ1v) is 7.77. The molecule has 0 N–H and O–H groups in total. The van der Waals surface area contributed by atoms with Crippen molar-refractivity contribution in [2.45, 2.75) is 47.1 Å². The molecule has 0 saturated carbocycles.